The zero-order valence-corrected chi connectivity index (χ0v) is 24.5. The molecule has 1 amide bonds. The molecule has 0 bridgehead atoms. The van der Waals surface area contributed by atoms with Crippen LogP contribution in [0, 0.1) is 0 Å². The van der Waals surface area contributed by atoms with E-state index in [0.717, 1.165) is 40.5 Å². The average molecular weight is 636 g/mol. The minimum Gasteiger partial charge on any atom is -0.481 e. The van der Waals surface area contributed by atoms with Gasteiger partial charge in [0.2, 0.25) is 0 Å². The summed E-state index contributed by atoms with van der Waals surface area (Å²) in [6.07, 6.45) is 2.78. The number of carboxylic acid groups (broad SMARTS) is 1. The van der Waals surface area contributed by atoms with E-state index in [9.17, 15) is 22.8 Å². The van der Waals surface area contributed by atoms with Crippen molar-refractivity contribution in [2.45, 2.75) is 25.6 Å². The fourth-order valence-corrected chi connectivity index (χ4v) is 3.85. The monoisotopic (exact) mass is 635 g/mol. The molecule has 0 saturated heterocycles. The first kappa shape index (κ1) is 35.1. The van der Waals surface area contributed by atoms with Crippen LogP contribution in [-0.2, 0) is 22.4 Å². The van der Waals surface area contributed by atoms with E-state index in [1.54, 1.807) is 36.6 Å². The summed E-state index contributed by atoms with van der Waals surface area (Å²) < 4.78 is 42.0. The molecule has 6 nitrogen and oxygen atoms in total. The number of aliphatic carboxylic acids is 1. The van der Waals surface area contributed by atoms with Crippen molar-refractivity contribution in [3.63, 3.8) is 0 Å². The molecule has 3 rings (SSSR count). The number of alkyl halides is 3. The summed E-state index contributed by atoms with van der Waals surface area (Å²) in [5.74, 6) is -0.509. The predicted molar refractivity (Wildman–Crippen MR) is 163 cm³/mol. The van der Waals surface area contributed by atoms with Crippen LogP contribution in [0.25, 0.3) is 11.1 Å². The van der Waals surface area contributed by atoms with Gasteiger partial charge in [-0.3, -0.25) is 14.3 Å². The molecule has 0 aliphatic carbocycles. The van der Waals surface area contributed by atoms with Crippen LogP contribution in [0.15, 0.2) is 98.3 Å². The Morgan fingerprint density at radius 3 is 2.19 bits per heavy atom. The Bertz CT molecular complexity index is 1420. The predicted octanol–water partition coefficient (Wildman–Crippen LogP) is 8.44. The first-order valence-corrected chi connectivity index (χ1v) is 13.6. The Kier molecular flexibility index (Phi) is 14.6. The third-order valence-corrected chi connectivity index (χ3v) is 6.35. The van der Waals surface area contributed by atoms with Gasteiger partial charge in [0.05, 0.1) is 29.3 Å². The van der Waals surface area contributed by atoms with Gasteiger partial charge in [0.25, 0.3) is 5.91 Å². The molecule has 0 unspecified atom stereocenters. The molecule has 0 saturated carbocycles. The van der Waals surface area contributed by atoms with Crippen LogP contribution in [0.3, 0.4) is 0 Å². The third-order valence-electron chi connectivity index (χ3n) is 5.61. The zero-order valence-electron chi connectivity index (χ0n) is 23.0. The van der Waals surface area contributed by atoms with Gasteiger partial charge in [-0.1, -0.05) is 66.2 Å². The summed E-state index contributed by atoms with van der Waals surface area (Å²) in [6, 6.07) is 18.8. The van der Waals surface area contributed by atoms with Gasteiger partial charge in [-0.25, -0.2) is 0 Å². The first-order chi connectivity index (χ1) is 20.4. The van der Waals surface area contributed by atoms with Gasteiger partial charge >= 0.3 is 12.3 Å². The van der Waals surface area contributed by atoms with E-state index in [-0.39, 0.29) is 18.9 Å². The number of ether oxygens (including phenoxy) is 2. The summed E-state index contributed by atoms with van der Waals surface area (Å²) in [7, 11) is 0. The fraction of sp³-hybridized carbons (Fsp3) is 0.188. The summed E-state index contributed by atoms with van der Waals surface area (Å²) >= 11 is 12.3. The van der Waals surface area contributed by atoms with E-state index in [1.165, 1.54) is 0 Å². The number of carbonyl (C=O) groups excluding carboxylic acids is 1. The average Bonchev–Trinajstić information content (AvgIpc) is 2.97. The number of aryl methyl sites for hydroxylation is 2. The molecule has 0 heterocycles. The molecular formula is C32H30Cl2F3NO5. The second-order valence-electron chi connectivity index (χ2n) is 8.78. The molecule has 3 aromatic rings. The lowest BCUT2D eigenvalue weighted by Gasteiger charge is -2.12. The molecule has 0 aliphatic heterocycles. The number of benzene rings is 3. The van der Waals surface area contributed by atoms with Crippen LogP contribution >= 0.6 is 23.2 Å². The lowest BCUT2D eigenvalue weighted by molar-refractivity contribution is -0.319. The highest BCUT2D eigenvalue weighted by molar-refractivity contribution is 6.42. The quantitative estimate of drug-likeness (QED) is 0.112. The van der Waals surface area contributed by atoms with E-state index in [1.807, 2.05) is 36.4 Å². The Hall–Kier alpha value is -4.05. The van der Waals surface area contributed by atoms with Crippen LogP contribution in [0.1, 0.15) is 27.9 Å². The molecule has 43 heavy (non-hydrogen) atoms. The highest BCUT2D eigenvalue weighted by Gasteiger charge is 2.27. The van der Waals surface area contributed by atoms with Crippen LogP contribution in [0.4, 0.5) is 13.2 Å². The highest BCUT2D eigenvalue weighted by Crippen LogP contribution is 2.32. The van der Waals surface area contributed by atoms with Crippen molar-refractivity contribution in [3.8, 4) is 16.9 Å². The van der Waals surface area contributed by atoms with E-state index in [2.05, 4.69) is 29.3 Å². The number of allylic oxidation sites excluding steroid dienone is 2. The van der Waals surface area contributed by atoms with Crippen molar-refractivity contribution in [2.75, 3.05) is 13.2 Å². The van der Waals surface area contributed by atoms with Gasteiger partial charge in [0.15, 0.2) is 0 Å². The number of nitrogens with one attached hydrogen (secondary N) is 1. The maximum atomic E-state index is 12.2. The number of carboxylic acids is 1. The largest absolute Gasteiger partial charge is 0.522 e. The lowest BCUT2D eigenvalue weighted by Crippen LogP contribution is -2.25. The van der Waals surface area contributed by atoms with Gasteiger partial charge in [-0.15, -0.1) is 19.8 Å². The SMILES string of the molecule is C=C/C=C/Oc1ccc(-c2ccc(Cl)c(Cl)c2)cc1CCc1ccc(C(=O)NCCC(=O)O)cc1.C=CCOC(F)(F)F. The Morgan fingerprint density at radius 2 is 1.60 bits per heavy atom. The molecule has 0 atom stereocenters. The van der Waals surface area contributed by atoms with E-state index >= 15 is 0 Å². The standard InChI is InChI=1S/C28H25Cl2NO4.C4H5F3O/c1-2-3-16-35-26-13-11-21(22-10-12-24(29)25(30)18-22)17-23(26)9-6-19-4-7-20(8-5-19)28(34)31-15-14-27(32)33;1-2-3-8-4(5,6)7/h2-5,7-8,10-13,16-18H,1,6,9,14-15H2,(H,31,34)(H,32,33);2H,1,3H2/b16-3+;. The highest BCUT2D eigenvalue weighted by atomic mass is 35.5. The minimum atomic E-state index is -4.52. The Labute approximate surface area is 258 Å². The maximum Gasteiger partial charge on any atom is 0.522 e. The van der Waals surface area contributed by atoms with Gasteiger partial charge in [0.1, 0.15) is 5.75 Å². The molecule has 0 aromatic heterocycles. The smallest absolute Gasteiger partial charge is 0.481 e. The van der Waals surface area contributed by atoms with Gasteiger partial charge in [-0.05, 0) is 77.6 Å². The summed E-state index contributed by atoms with van der Waals surface area (Å²) in [6.45, 7) is 6.31. The summed E-state index contributed by atoms with van der Waals surface area (Å²) in [5, 5.41) is 12.3. The van der Waals surface area contributed by atoms with Crippen LogP contribution in [-0.4, -0.2) is 36.5 Å². The number of carbonyl (C=O) groups is 2. The third kappa shape index (κ3) is 13.2. The maximum absolute atomic E-state index is 12.2. The molecule has 0 spiro atoms. The molecule has 0 radical (unpaired) electrons. The van der Waals surface area contributed by atoms with Gasteiger partial charge in [0, 0.05) is 12.1 Å². The topological polar surface area (TPSA) is 84.9 Å². The molecular weight excluding hydrogens is 606 g/mol. The number of halogens is 5. The molecule has 3 aromatic carbocycles. The molecule has 228 valence electrons. The number of rotatable bonds is 13. The first-order valence-electron chi connectivity index (χ1n) is 12.9. The van der Waals surface area contributed by atoms with E-state index in [4.69, 9.17) is 33.0 Å². The molecule has 0 fully saturated rings. The second kappa shape index (κ2) is 17.8. The fourth-order valence-electron chi connectivity index (χ4n) is 3.55. The van der Waals surface area contributed by atoms with Crippen molar-refractivity contribution >= 4 is 35.1 Å². The van der Waals surface area contributed by atoms with Crippen LogP contribution in [0.5, 0.6) is 5.75 Å². The van der Waals surface area contributed by atoms with E-state index < -0.39 is 18.9 Å². The normalized spacial score (nSPS) is 10.9. The van der Waals surface area contributed by atoms with Crippen LogP contribution in [0.2, 0.25) is 10.0 Å². The summed E-state index contributed by atoms with van der Waals surface area (Å²) in [5.41, 5.74) is 4.50. The van der Waals surface area contributed by atoms with Gasteiger partial charge < -0.3 is 15.2 Å². The number of amides is 1. The summed E-state index contributed by atoms with van der Waals surface area (Å²) in [4.78, 5) is 22.8. The second-order valence-corrected chi connectivity index (χ2v) is 9.59. The Morgan fingerprint density at radius 1 is 0.930 bits per heavy atom. The van der Waals surface area contributed by atoms with Crippen molar-refractivity contribution in [3.05, 3.63) is 125 Å². The van der Waals surface area contributed by atoms with Crippen molar-refractivity contribution in [1.29, 1.82) is 0 Å². The van der Waals surface area contributed by atoms with Crippen molar-refractivity contribution < 1.29 is 37.3 Å². The Balaban J connectivity index is 0.000000708. The van der Waals surface area contributed by atoms with Crippen molar-refractivity contribution in [2.24, 2.45) is 0 Å². The number of hydrogen-bond acceptors (Lipinski definition) is 4. The van der Waals surface area contributed by atoms with Crippen LogP contribution < -0.4 is 10.1 Å². The molecule has 0 aliphatic rings. The van der Waals surface area contributed by atoms with E-state index in [0.29, 0.717) is 22.0 Å². The van der Waals surface area contributed by atoms with Crippen molar-refractivity contribution in [1.82, 2.24) is 5.32 Å². The molecule has 2 N–H and O–H groups in total. The minimum absolute atomic E-state index is 0.0914. The lowest BCUT2D eigenvalue weighted by atomic mass is 9.98. The zero-order chi connectivity index (χ0) is 31.8. The number of hydrogen-bond donors (Lipinski definition) is 2. The molecule has 11 heteroatoms. The van der Waals surface area contributed by atoms with Gasteiger partial charge in [-0.2, -0.15) is 0 Å².